The monoisotopic (exact) mass is 448 g/mol. The van der Waals surface area contributed by atoms with Gasteiger partial charge in [0, 0.05) is 37.0 Å². The van der Waals surface area contributed by atoms with Crippen molar-refractivity contribution in [2.24, 2.45) is 4.99 Å². The molecule has 0 aromatic heterocycles. The van der Waals surface area contributed by atoms with Gasteiger partial charge < -0.3 is 4.90 Å². The van der Waals surface area contributed by atoms with Crippen LogP contribution in [-0.4, -0.2) is 53.8 Å². The molecule has 0 spiro atoms. The first-order chi connectivity index (χ1) is 10.8. The van der Waals surface area contributed by atoms with Gasteiger partial charge in [-0.1, -0.05) is 80.1 Å². The Balaban J connectivity index is -0.000000130. The van der Waals surface area contributed by atoms with Gasteiger partial charge in [0.05, 0.1) is 11.9 Å². The largest absolute Gasteiger partial charge is 0.363 e. The van der Waals surface area contributed by atoms with Crippen LogP contribution in [0.2, 0.25) is 0 Å². The Morgan fingerprint density at radius 3 is 1.21 bits per heavy atom. The quantitative estimate of drug-likeness (QED) is 0.259. The Morgan fingerprint density at radius 2 is 1.00 bits per heavy atom. The zero-order valence-corrected chi connectivity index (χ0v) is 21.4. The van der Waals surface area contributed by atoms with E-state index in [1.54, 1.807) is 0 Å². The smallest absolute Gasteiger partial charge is 0.0856 e. The second-order valence-corrected chi connectivity index (χ2v) is 7.16. The maximum atomic E-state index is 4.44. The van der Waals surface area contributed by atoms with Crippen LogP contribution in [0.4, 0.5) is 0 Å². The summed E-state index contributed by atoms with van der Waals surface area (Å²) in [5, 5.41) is 0. The molecular weight excluding hydrogens is 399 g/mol. The second kappa shape index (κ2) is 25.5. The summed E-state index contributed by atoms with van der Waals surface area (Å²) in [6.07, 6.45) is 12.6. The number of hydrogen-bond donors (Lipinski definition) is 0. The van der Waals surface area contributed by atoms with Crippen molar-refractivity contribution in [2.45, 2.75) is 119 Å². The van der Waals surface area contributed by atoms with Crippen molar-refractivity contribution in [2.75, 3.05) is 13.1 Å². The van der Waals surface area contributed by atoms with Crippen molar-refractivity contribution < 1.29 is 0 Å². The Kier molecular flexibility index (Phi) is 34.0. The molecule has 146 valence electrons. The van der Waals surface area contributed by atoms with Crippen molar-refractivity contribution >= 4 is 30.2 Å². The van der Waals surface area contributed by atoms with E-state index in [9.17, 15) is 0 Å². The minimum absolute atomic E-state index is 0. The second-order valence-electron chi connectivity index (χ2n) is 7.16. The number of rotatable bonds is 4. The summed E-state index contributed by atoms with van der Waals surface area (Å²) in [5.74, 6) is 0. The summed E-state index contributed by atoms with van der Waals surface area (Å²) in [6, 6.07) is 0. The molecule has 4 radical (unpaired) electrons. The van der Waals surface area contributed by atoms with Gasteiger partial charge in [-0.05, 0) is 33.6 Å². The number of hydrogen-bond acceptors (Lipinski definition) is 1. The molecule has 0 aromatic carbocycles. The standard InChI is InChI=1S/C9H18N2.3C4H10.Sn/c1-9(2,3)10-8-11-6-4-5-7-11;3*1-3-4-2;/h8H,4-7H2,1-3H3;3*3-4H2,1-2H3;. The van der Waals surface area contributed by atoms with Gasteiger partial charge >= 0.3 is 0 Å². The maximum absolute atomic E-state index is 4.44. The Hall–Kier alpha value is 0.269. The van der Waals surface area contributed by atoms with Crippen LogP contribution >= 0.6 is 0 Å². The normalized spacial score (nSPS) is 13.0. The molecule has 0 amide bonds. The number of likely N-dealkylation sites (tertiary alicyclic amines) is 1. The molecule has 24 heavy (non-hydrogen) atoms. The fourth-order valence-corrected chi connectivity index (χ4v) is 1.11. The number of aliphatic imine (C=N–C) groups is 1. The molecule has 1 saturated heterocycles. The summed E-state index contributed by atoms with van der Waals surface area (Å²) >= 11 is 0. The third-order valence-electron chi connectivity index (χ3n) is 3.25. The van der Waals surface area contributed by atoms with Gasteiger partial charge in [0.15, 0.2) is 0 Å². The van der Waals surface area contributed by atoms with Crippen LogP contribution in [0.25, 0.3) is 0 Å². The average molecular weight is 447 g/mol. The van der Waals surface area contributed by atoms with Crippen LogP contribution in [-0.2, 0) is 0 Å². The fourth-order valence-electron chi connectivity index (χ4n) is 1.11. The molecule has 3 heteroatoms. The summed E-state index contributed by atoms with van der Waals surface area (Å²) in [4.78, 5) is 6.74. The molecule has 1 fully saturated rings. The number of unbranched alkanes of at least 4 members (excludes halogenated alkanes) is 3. The molecule has 0 saturated carbocycles. The fraction of sp³-hybridized carbons (Fsp3) is 0.952. The topological polar surface area (TPSA) is 15.6 Å². The molecule has 1 aliphatic heterocycles. The Labute approximate surface area is 172 Å². The van der Waals surface area contributed by atoms with Crippen molar-refractivity contribution in [3.8, 4) is 0 Å². The molecule has 0 bridgehead atoms. The SMILES string of the molecule is CC(C)(C)N=CN1CCCC1.CCCC.CCCC.CCCC.[Sn]. The minimum atomic E-state index is 0. The van der Waals surface area contributed by atoms with Gasteiger partial charge in [0.2, 0.25) is 0 Å². The minimum Gasteiger partial charge on any atom is -0.363 e. The maximum Gasteiger partial charge on any atom is 0.0856 e. The molecule has 1 aliphatic rings. The first-order valence-corrected chi connectivity index (χ1v) is 10.1. The average Bonchev–Trinajstić information content (AvgIpc) is 3.06. The summed E-state index contributed by atoms with van der Waals surface area (Å²) in [5.41, 5.74) is 0.0859. The number of nitrogens with zero attached hydrogens (tertiary/aromatic N) is 2. The third-order valence-corrected chi connectivity index (χ3v) is 3.25. The Bertz CT molecular complexity index is 201. The van der Waals surface area contributed by atoms with E-state index in [1.165, 1.54) is 64.5 Å². The zero-order valence-electron chi connectivity index (χ0n) is 18.5. The summed E-state index contributed by atoms with van der Waals surface area (Å²) < 4.78 is 0. The predicted octanol–water partition coefficient (Wildman–Crippen LogP) is 6.95. The molecule has 0 atom stereocenters. The van der Waals surface area contributed by atoms with E-state index in [0.717, 1.165) is 0 Å². The van der Waals surface area contributed by atoms with E-state index in [2.05, 4.69) is 72.2 Å². The predicted molar refractivity (Wildman–Crippen MR) is 117 cm³/mol. The van der Waals surface area contributed by atoms with Crippen molar-refractivity contribution in [1.29, 1.82) is 0 Å². The van der Waals surface area contributed by atoms with Gasteiger partial charge in [0.1, 0.15) is 0 Å². The first-order valence-electron chi connectivity index (χ1n) is 10.1. The Morgan fingerprint density at radius 1 is 0.708 bits per heavy atom. The molecule has 2 nitrogen and oxygen atoms in total. The van der Waals surface area contributed by atoms with E-state index >= 15 is 0 Å². The third kappa shape index (κ3) is 38.1. The van der Waals surface area contributed by atoms with Gasteiger partial charge in [0.25, 0.3) is 0 Å². The van der Waals surface area contributed by atoms with Crippen molar-refractivity contribution in [1.82, 2.24) is 4.90 Å². The van der Waals surface area contributed by atoms with Crippen LogP contribution < -0.4 is 0 Å². The van der Waals surface area contributed by atoms with E-state index in [0.29, 0.717) is 0 Å². The van der Waals surface area contributed by atoms with Crippen LogP contribution in [0.1, 0.15) is 114 Å². The molecule has 0 N–H and O–H groups in total. The van der Waals surface area contributed by atoms with Gasteiger partial charge in [-0.15, -0.1) is 0 Å². The van der Waals surface area contributed by atoms with Crippen molar-refractivity contribution in [3.63, 3.8) is 0 Å². The summed E-state index contributed by atoms with van der Waals surface area (Å²) in [6.45, 7) is 21.8. The van der Waals surface area contributed by atoms with Crippen molar-refractivity contribution in [3.05, 3.63) is 0 Å². The van der Waals surface area contributed by atoms with Crippen LogP contribution in [0.5, 0.6) is 0 Å². The molecule has 0 aromatic rings. The zero-order chi connectivity index (χ0) is 18.6. The molecule has 0 aliphatic carbocycles. The van der Waals surface area contributed by atoms with Crippen LogP contribution in [0.15, 0.2) is 4.99 Å². The first kappa shape index (κ1) is 32.0. The van der Waals surface area contributed by atoms with E-state index in [4.69, 9.17) is 0 Å². The van der Waals surface area contributed by atoms with Crippen LogP contribution in [0, 0.1) is 0 Å². The summed E-state index contributed by atoms with van der Waals surface area (Å²) in [7, 11) is 0. The van der Waals surface area contributed by atoms with Gasteiger partial charge in [-0.2, -0.15) is 0 Å². The molecule has 1 rings (SSSR count). The van der Waals surface area contributed by atoms with Gasteiger partial charge in [-0.3, -0.25) is 4.99 Å². The van der Waals surface area contributed by atoms with E-state index < -0.39 is 0 Å². The van der Waals surface area contributed by atoms with E-state index in [1.807, 2.05) is 6.34 Å². The molecular formula is C21H48N2Sn. The molecule has 1 heterocycles. The molecule has 0 unspecified atom stereocenters. The van der Waals surface area contributed by atoms with Gasteiger partial charge in [-0.25, -0.2) is 0 Å². The van der Waals surface area contributed by atoms with Crippen LogP contribution in [0.3, 0.4) is 0 Å². The van der Waals surface area contributed by atoms with E-state index in [-0.39, 0.29) is 29.4 Å².